The molecule has 1 aliphatic rings. The van der Waals surface area contributed by atoms with E-state index in [0.29, 0.717) is 11.9 Å². The van der Waals surface area contributed by atoms with Crippen molar-refractivity contribution in [2.45, 2.75) is 59.0 Å². The van der Waals surface area contributed by atoms with Crippen LogP contribution in [0.5, 0.6) is 0 Å². The average molecular weight is 545 g/mol. The van der Waals surface area contributed by atoms with Gasteiger partial charge in [-0.1, -0.05) is 92.4 Å². The SMILES string of the molecule is C=C/C=C\C(=C/C)CC=CC(N=C(N=C)c1ccccc1)c1ccc(-n2c(C)cc3c2C(C)N(CCC)CC3)cc1. The lowest BCUT2D eigenvalue weighted by Gasteiger charge is -2.34. The van der Waals surface area contributed by atoms with Crippen LogP contribution < -0.4 is 0 Å². The lowest BCUT2D eigenvalue weighted by Crippen LogP contribution is -2.35. The Kier molecular flexibility index (Phi) is 10.6. The first-order valence-corrected chi connectivity index (χ1v) is 14.8. The summed E-state index contributed by atoms with van der Waals surface area (Å²) in [7, 11) is 0. The normalized spacial score (nSPS) is 17.2. The number of benzene rings is 2. The molecule has 0 fully saturated rings. The van der Waals surface area contributed by atoms with Gasteiger partial charge in [-0.2, -0.15) is 0 Å². The highest BCUT2D eigenvalue weighted by Gasteiger charge is 2.28. The molecule has 3 aromatic rings. The van der Waals surface area contributed by atoms with Gasteiger partial charge in [0.25, 0.3) is 0 Å². The molecule has 2 atom stereocenters. The minimum absolute atomic E-state index is 0.190. The quantitative estimate of drug-likeness (QED) is 0.103. The van der Waals surface area contributed by atoms with Crippen LogP contribution in [-0.2, 0) is 6.42 Å². The van der Waals surface area contributed by atoms with E-state index >= 15 is 0 Å². The van der Waals surface area contributed by atoms with Gasteiger partial charge in [0.15, 0.2) is 5.84 Å². The maximum Gasteiger partial charge on any atom is 0.154 e. The van der Waals surface area contributed by atoms with E-state index < -0.39 is 0 Å². The topological polar surface area (TPSA) is 32.9 Å². The van der Waals surface area contributed by atoms with E-state index in [1.165, 1.54) is 34.6 Å². The molecule has 1 aliphatic heterocycles. The van der Waals surface area contributed by atoms with Gasteiger partial charge in [0.1, 0.15) is 0 Å². The summed E-state index contributed by atoms with van der Waals surface area (Å²) in [5.74, 6) is 0.641. The number of aliphatic imine (C=N–C) groups is 2. The first kappa shape index (κ1) is 30.0. The van der Waals surface area contributed by atoms with Gasteiger partial charge in [0, 0.05) is 35.2 Å². The Morgan fingerprint density at radius 3 is 2.54 bits per heavy atom. The van der Waals surface area contributed by atoms with Crippen LogP contribution in [0.15, 0.2) is 119 Å². The highest BCUT2D eigenvalue weighted by Crippen LogP contribution is 2.35. The molecule has 0 amide bonds. The molecule has 212 valence electrons. The molecule has 4 heteroatoms. The number of aromatic nitrogens is 1. The van der Waals surface area contributed by atoms with Gasteiger partial charge < -0.3 is 4.57 Å². The third-order valence-corrected chi connectivity index (χ3v) is 7.85. The molecule has 2 unspecified atom stereocenters. The number of rotatable bonds is 11. The first-order chi connectivity index (χ1) is 20.0. The van der Waals surface area contributed by atoms with Crippen LogP contribution in [0.4, 0.5) is 0 Å². The Morgan fingerprint density at radius 2 is 1.88 bits per heavy atom. The van der Waals surface area contributed by atoms with Crippen LogP contribution in [0, 0.1) is 6.92 Å². The van der Waals surface area contributed by atoms with E-state index in [-0.39, 0.29) is 6.04 Å². The Morgan fingerprint density at radius 1 is 1.12 bits per heavy atom. The molecule has 0 bridgehead atoms. The maximum atomic E-state index is 5.08. The van der Waals surface area contributed by atoms with E-state index in [2.05, 4.69) is 110 Å². The Balaban J connectivity index is 1.69. The summed E-state index contributed by atoms with van der Waals surface area (Å²) < 4.78 is 2.45. The van der Waals surface area contributed by atoms with Crippen molar-refractivity contribution in [2.75, 3.05) is 13.1 Å². The predicted molar refractivity (Wildman–Crippen MR) is 177 cm³/mol. The molecule has 41 heavy (non-hydrogen) atoms. The summed E-state index contributed by atoms with van der Waals surface area (Å²) in [4.78, 5) is 12.0. The number of allylic oxidation sites excluding steroid dienone is 6. The van der Waals surface area contributed by atoms with Crippen molar-refractivity contribution in [1.82, 2.24) is 9.47 Å². The molecule has 0 radical (unpaired) electrons. The molecule has 0 saturated heterocycles. The highest BCUT2D eigenvalue weighted by molar-refractivity contribution is 6.01. The van der Waals surface area contributed by atoms with Crippen molar-refractivity contribution < 1.29 is 0 Å². The van der Waals surface area contributed by atoms with Gasteiger partial charge in [-0.05, 0) is 88.2 Å². The van der Waals surface area contributed by atoms with Crippen LogP contribution >= 0.6 is 0 Å². The Labute approximate surface area is 246 Å². The molecule has 0 saturated carbocycles. The standard InChI is InChI=1S/C37H44N4/c1-7-10-15-30(9-3)16-14-19-35(39-37(38-6)32-17-12-11-13-18-32)31-20-22-34(23-21-31)41-28(4)27-33-24-26-40(25-8-2)29(5)36(33)41/h7,9-15,17-23,27,29,35H,1,6,8,16,24-26H2,2-5H3/b15-10-,19-14?,30-9+,39-37?. The van der Waals surface area contributed by atoms with Crippen molar-refractivity contribution in [3.63, 3.8) is 0 Å². The fraction of sp³-hybridized carbons (Fsp3) is 0.297. The van der Waals surface area contributed by atoms with Crippen molar-refractivity contribution in [3.05, 3.63) is 137 Å². The van der Waals surface area contributed by atoms with Crippen molar-refractivity contribution in [3.8, 4) is 5.69 Å². The van der Waals surface area contributed by atoms with Gasteiger partial charge in [0.05, 0.1) is 6.04 Å². The second-order valence-electron chi connectivity index (χ2n) is 10.6. The van der Waals surface area contributed by atoms with Crippen molar-refractivity contribution in [2.24, 2.45) is 9.98 Å². The summed E-state index contributed by atoms with van der Waals surface area (Å²) in [6.07, 6.45) is 15.4. The molecule has 1 aromatic heterocycles. The Bertz CT molecular complexity index is 1430. The van der Waals surface area contributed by atoms with E-state index in [0.717, 1.165) is 37.1 Å². The summed E-state index contributed by atoms with van der Waals surface area (Å²) in [6, 6.07) is 21.5. The first-order valence-electron chi connectivity index (χ1n) is 14.8. The number of fused-ring (bicyclic) bond motifs is 1. The van der Waals surface area contributed by atoms with Crippen LogP contribution in [0.2, 0.25) is 0 Å². The monoisotopic (exact) mass is 544 g/mol. The summed E-state index contributed by atoms with van der Waals surface area (Å²) >= 11 is 0. The molecule has 2 heterocycles. The summed E-state index contributed by atoms with van der Waals surface area (Å²) in [6.45, 7) is 18.8. The Hall–Kier alpha value is -4.02. The highest BCUT2D eigenvalue weighted by atomic mass is 15.2. The van der Waals surface area contributed by atoms with E-state index in [4.69, 9.17) is 4.99 Å². The predicted octanol–water partition coefficient (Wildman–Crippen LogP) is 8.94. The van der Waals surface area contributed by atoms with Gasteiger partial charge in [-0.15, -0.1) is 0 Å². The average Bonchev–Trinajstić information content (AvgIpc) is 3.35. The lowest BCUT2D eigenvalue weighted by molar-refractivity contribution is 0.193. The molecular formula is C37H44N4. The molecule has 2 aromatic carbocycles. The van der Waals surface area contributed by atoms with Crippen LogP contribution in [-0.4, -0.2) is 35.1 Å². The number of hydrogen-bond donors (Lipinski definition) is 0. The lowest BCUT2D eigenvalue weighted by atomic mass is 10.00. The fourth-order valence-corrected chi connectivity index (χ4v) is 5.73. The third-order valence-electron chi connectivity index (χ3n) is 7.85. The molecule has 4 rings (SSSR count). The van der Waals surface area contributed by atoms with E-state index in [9.17, 15) is 0 Å². The van der Waals surface area contributed by atoms with Crippen molar-refractivity contribution in [1.29, 1.82) is 0 Å². The zero-order chi connectivity index (χ0) is 29.2. The minimum atomic E-state index is -0.190. The van der Waals surface area contributed by atoms with Gasteiger partial charge in [0.2, 0.25) is 0 Å². The van der Waals surface area contributed by atoms with Crippen molar-refractivity contribution >= 4 is 12.6 Å². The number of aryl methyl sites for hydroxylation is 1. The van der Waals surface area contributed by atoms with Crippen LogP contribution in [0.1, 0.15) is 73.8 Å². The van der Waals surface area contributed by atoms with Gasteiger partial charge in [-0.25, -0.2) is 4.99 Å². The second-order valence-corrected chi connectivity index (χ2v) is 10.6. The van der Waals surface area contributed by atoms with E-state index in [1.54, 1.807) is 6.08 Å². The number of hydrogen-bond acceptors (Lipinski definition) is 2. The zero-order valence-corrected chi connectivity index (χ0v) is 25.1. The summed E-state index contributed by atoms with van der Waals surface area (Å²) in [5.41, 5.74) is 8.69. The second kappa shape index (κ2) is 14.6. The fourth-order valence-electron chi connectivity index (χ4n) is 5.73. The molecule has 0 aliphatic carbocycles. The van der Waals surface area contributed by atoms with Crippen LogP contribution in [0.25, 0.3) is 5.69 Å². The maximum absolute atomic E-state index is 5.08. The zero-order valence-electron chi connectivity index (χ0n) is 25.1. The summed E-state index contributed by atoms with van der Waals surface area (Å²) in [5, 5.41) is 0. The van der Waals surface area contributed by atoms with Gasteiger partial charge in [-0.3, -0.25) is 9.89 Å². The molecule has 0 N–H and O–H groups in total. The number of amidine groups is 1. The largest absolute Gasteiger partial charge is 0.316 e. The number of nitrogens with zero attached hydrogens (tertiary/aromatic N) is 4. The third kappa shape index (κ3) is 7.20. The van der Waals surface area contributed by atoms with E-state index in [1.807, 2.05) is 36.4 Å². The van der Waals surface area contributed by atoms with Crippen LogP contribution in [0.3, 0.4) is 0 Å². The molecule has 4 nitrogen and oxygen atoms in total. The molecular weight excluding hydrogens is 500 g/mol. The minimum Gasteiger partial charge on any atom is -0.316 e. The molecule has 0 spiro atoms. The van der Waals surface area contributed by atoms with Gasteiger partial charge >= 0.3 is 0 Å². The smallest absolute Gasteiger partial charge is 0.154 e.